The van der Waals surface area contributed by atoms with E-state index in [0.29, 0.717) is 17.3 Å². The fraction of sp³-hybridized carbons (Fsp3) is 0.160. The first kappa shape index (κ1) is 23.0. The average Bonchev–Trinajstić information content (AvgIpc) is 2.81. The van der Waals surface area contributed by atoms with Gasteiger partial charge in [-0.2, -0.15) is 5.10 Å². The fourth-order valence-electron chi connectivity index (χ4n) is 2.81. The molecule has 0 aliphatic rings. The second kappa shape index (κ2) is 11.7. The lowest BCUT2D eigenvalue weighted by Crippen LogP contribution is -2.20. The van der Waals surface area contributed by atoms with Crippen molar-refractivity contribution in [2.75, 3.05) is 5.32 Å². The fourth-order valence-corrected chi connectivity index (χ4v) is 2.98. The van der Waals surface area contributed by atoms with Crippen LogP contribution in [0.2, 0.25) is 5.02 Å². The van der Waals surface area contributed by atoms with Gasteiger partial charge in [0.2, 0.25) is 11.8 Å². The van der Waals surface area contributed by atoms with E-state index in [-0.39, 0.29) is 24.7 Å². The van der Waals surface area contributed by atoms with Crippen LogP contribution >= 0.6 is 11.6 Å². The van der Waals surface area contributed by atoms with Gasteiger partial charge >= 0.3 is 0 Å². The Morgan fingerprint density at radius 2 is 1.66 bits per heavy atom. The molecule has 2 amide bonds. The Labute approximate surface area is 192 Å². The monoisotopic (exact) mass is 449 g/mol. The number of anilines is 1. The predicted octanol–water partition coefficient (Wildman–Crippen LogP) is 5.10. The highest BCUT2D eigenvalue weighted by atomic mass is 35.5. The summed E-state index contributed by atoms with van der Waals surface area (Å²) >= 11 is 6.04. The van der Waals surface area contributed by atoms with Crippen LogP contribution in [0.4, 0.5) is 5.69 Å². The molecule has 3 aromatic carbocycles. The number of hydrogen-bond acceptors (Lipinski definition) is 4. The highest BCUT2D eigenvalue weighted by molar-refractivity contribution is 6.31. The third-order valence-corrected chi connectivity index (χ3v) is 5.06. The molecule has 0 heterocycles. The van der Waals surface area contributed by atoms with Gasteiger partial charge in [-0.15, -0.1) is 0 Å². The zero-order chi connectivity index (χ0) is 22.8. The molecule has 164 valence electrons. The van der Waals surface area contributed by atoms with Crippen molar-refractivity contribution in [1.29, 1.82) is 0 Å². The van der Waals surface area contributed by atoms with Gasteiger partial charge in [-0.05, 0) is 60.0 Å². The Hall–Kier alpha value is -3.64. The molecule has 0 aromatic heterocycles. The van der Waals surface area contributed by atoms with Gasteiger partial charge in [0.25, 0.3) is 0 Å². The van der Waals surface area contributed by atoms with E-state index in [1.54, 1.807) is 18.2 Å². The summed E-state index contributed by atoms with van der Waals surface area (Å²) in [6.07, 6.45) is 1.60. The van der Waals surface area contributed by atoms with E-state index in [1.807, 2.05) is 61.5 Å². The van der Waals surface area contributed by atoms with Crippen LogP contribution in [0.15, 0.2) is 77.9 Å². The number of ether oxygens (including phenoxy) is 1. The van der Waals surface area contributed by atoms with Crippen molar-refractivity contribution >= 4 is 35.3 Å². The molecule has 0 aliphatic heterocycles. The molecule has 0 saturated heterocycles. The van der Waals surface area contributed by atoms with E-state index in [2.05, 4.69) is 15.8 Å². The summed E-state index contributed by atoms with van der Waals surface area (Å²) in [6.45, 7) is 2.32. The van der Waals surface area contributed by atoms with E-state index >= 15 is 0 Å². The van der Waals surface area contributed by atoms with Crippen molar-refractivity contribution in [2.45, 2.75) is 26.4 Å². The molecule has 0 fully saturated rings. The van der Waals surface area contributed by atoms with Crippen LogP contribution in [-0.4, -0.2) is 18.0 Å². The van der Waals surface area contributed by atoms with Gasteiger partial charge in [-0.3, -0.25) is 9.59 Å². The minimum absolute atomic E-state index is 0.0229. The molecule has 0 spiro atoms. The van der Waals surface area contributed by atoms with Crippen LogP contribution < -0.4 is 15.5 Å². The van der Waals surface area contributed by atoms with Gasteiger partial charge in [0, 0.05) is 23.6 Å². The number of nitrogens with zero attached hydrogens (tertiary/aromatic N) is 1. The number of nitrogens with one attached hydrogen (secondary N) is 2. The number of carbonyl (C=O) groups excluding carboxylic acids is 2. The highest BCUT2D eigenvalue weighted by Crippen LogP contribution is 2.23. The predicted molar refractivity (Wildman–Crippen MR) is 127 cm³/mol. The first-order valence-electron chi connectivity index (χ1n) is 10.1. The van der Waals surface area contributed by atoms with Crippen LogP contribution in [-0.2, 0) is 16.2 Å². The Balaban J connectivity index is 1.39. The quantitative estimate of drug-likeness (QED) is 0.352. The second-order valence-corrected chi connectivity index (χ2v) is 7.50. The maximum Gasteiger partial charge on any atom is 0.240 e. The van der Waals surface area contributed by atoms with Gasteiger partial charge in [0.05, 0.1) is 6.21 Å². The summed E-state index contributed by atoms with van der Waals surface area (Å²) in [7, 11) is 0. The minimum atomic E-state index is -0.345. The molecule has 2 N–H and O–H groups in total. The first-order chi connectivity index (χ1) is 15.5. The third-order valence-electron chi connectivity index (χ3n) is 4.65. The molecule has 32 heavy (non-hydrogen) atoms. The van der Waals surface area contributed by atoms with Crippen LogP contribution in [0, 0.1) is 6.92 Å². The molecule has 3 rings (SSSR count). The van der Waals surface area contributed by atoms with Crippen molar-refractivity contribution in [3.63, 3.8) is 0 Å². The molecule has 0 bridgehead atoms. The molecule has 0 aliphatic carbocycles. The van der Waals surface area contributed by atoms with Crippen LogP contribution in [0.1, 0.15) is 29.5 Å². The Morgan fingerprint density at radius 1 is 0.938 bits per heavy atom. The lowest BCUT2D eigenvalue weighted by atomic mass is 10.2. The maximum atomic E-state index is 12.1. The van der Waals surface area contributed by atoms with E-state index in [1.165, 1.54) is 6.21 Å². The number of amides is 2. The zero-order valence-electron chi connectivity index (χ0n) is 17.7. The van der Waals surface area contributed by atoms with Crippen molar-refractivity contribution in [3.8, 4) is 5.75 Å². The number of rotatable bonds is 9. The summed E-state index contributed by atoms with van der Waals surface area (Å²) in [5.74, 6) is 0.138. The molecule has 7 heteroatoms. The Morgan fingerprint density at radius 3 is 2.41 bits per heavy atom. The molecular formula is C25H24ClN3O3. The average molecular weight is 450 g/mol. The zero-order valence-corrected chi connectivity index (χ0v) is 18.4. The third kappa shape index (κ3) is 7.25. The first-order valence-corrected chi connectivity index (χ1v) is 10.5. The standard InChI is InChI=1S/C25H24ClN3O3/c1-18-22(26)8-5-9-23(18)28-24(30)14-15-25(31)29-27-16-19-10-12-21(13-11-19)32-17-20-6-3-2-4-7-20/h2-13,16H,14-15,17H2,1H3,(H,28,30)(H,29,31)/b27-16-. The SMILES string of the molecule is Cc1c(Cl)cccc1NC(=O)CCC(=O)N/N=C\c1ccc(OCc2ccccc2)cc1. The van der Waals surface area contributed by atoms with E-state index in [4.69, 9.17) is 16.3 Å². The van der Waals surface area contributed by atoms with Crippen LogP contribution in [0.25, 0.3) is 0 Å². The molecule has 0 saturated carbocycles. The highest BCUT2D eigenvalue weighted by Gasteiger charge is 2.09. The Kier molecular flexibility index (Phi) is 8.40. The summed E-state index contributed by atoms with van der Waals surface area (Å²) in [5.41, 5.74) is 5.76. The van der Waals surface area contributed by atoms with Gasteiger partial charge in [0.15, 0.2) is 0 Å². The van der Waals surface area contributed by atoms with E-state index in [0.717, 1.165) is 22.4 Å². The topological polar surface area (TPSA) is 79.8 Å². The smallest absolute Gasteiger partial charge is 0.240 e. The molecule has 0 atom stereocenters. The summed E-state index contributed by atoms with van der Waals surface area (Å²) in [4.78, 5) is 24.0. The van der Waals surface area contributed by atoms with Crippen LogP contribution in [0.3, 0.4) is 0 Å². The van der Waals surface area contributed by atoms with Gasteiger partial charge < -0.3 is 10.1 Å². The Bertz CT molecular complexity index is 1080. The van der Waals surface area contributed by atoms with Gasteiger partial charge in [-0.1, -0.05) is 48.0 Å². The molecular weight excluding hydrogens is 426 g/mol. The maximum absolute atomic E-state index is 12.1. The van der Waals surface area contributed by atoms with Crippen molar-refractivity contribution < 1.29 is 14.3 Å². The number of carbonyl (C=O) groups is 2. The number of hydrazone groups is 1. The number of benzene rings is 3. The number of hydrogen-bond donors (Lipinski definition) is 2. The van der Waals surface area contributed by atoms with E-state index in [9.17, 15) is 9.59 Å². The van der Waals surface area contributed by atoms with Crippen molar-refractivity contribution in [2.24, 2.45) is 5.10 Å². The van der Waals surface area contributed by atoms with Crippen LogP contribution in [0.5, 0.6) is 5.75 Å². The largest absolute Gasteiger partial charge is 0.489 e. The molecule has 0 radical (unpaired) electrons. The molecule has 3 aromatic rings. The lowest BCUT2D eigenvalue weighted by Gasteiger charge is -2.09. The van der Waals surface area contributed by atoms with Gasteiger partial charge in [0.1, 0.15) is 12.4 Å². The summed E-state index contributed by atoms with van der Waals surface area (Å²) in [6, 6.07) is 22.6. The summed E-state index contributed by atoms with van der Waals surface area (Å²) < 4.78 is 5.74. The van der Waals surface area contributed by atoms with Crippen molar-refractivity contribution in [3.05, 3.63) is 94.5 Å². The lowest BCUT2D eigenvalue weighted by molar-refractivity contribution is -0.124. The number of halogens is 1. The normalized spacial score (nSPS) is 10.7. The minimum Gasteiger partial charge on any atom is -0.489 e. The van der Waals surface area contributed by atoms with E-state index < -0.39 is 0 Å². The molecule has 6 nitrogen and oxygen atoms in total. The molecule has 0 unspecified atom stereocenters. The second-order valence-electron chi connectivity index (χ2n) is 7.10. The van der Waals surface area contributed by atoms with Gasteiger partial charge in [-0.25, -0.2) is 5.43 Å². The summed E-state index contributed by atoms with van der Waals surface area (Å²) in [5, 5.41) is 7.27. The van der Waals surface area contributed by atoms with Crippen molar-refractivity contribution in [1.82, 2.24) is 5.43 Å².